The summed E-state index contributed by atoms with van der Waals surface area (Å²) >= 11 is 1.48. The van der Waals surface area contributed by atoms with Crippen molar-refractivity contribution in [3.63, 3.8) is 0 Å². The van der Waals surface area contributed by atoms with E-state index in [1.165, 1.54) is 33.4 Å². The molecule has 0 aromatic carbocycles. The molecule has 0 aliphatic heterocycles. The van der Waals surface area contributed by atoms with Gasteiger partial charge in [0.25, 0.3) is 0 Å². The molecule has 1 saturated carbocycles. The van der Waals surface area contributed by atoms with Crippen molar-refractivity contribution in [1.29, 1.82) is 0 Å². The van der Waals surface area contributed by atoms with E-state index in [2.05, 4.69) is 0 Å². The van der Waals surface area contributed by atoms with Crippen LogP contribution in [0, 0.1) is 5.92 Å². The third kappa shape index (κ3) is 1.63. The normalized spacial score (nSPS) is 21.9. The second kappa shape index (κ2) is 2.95. The van der Waals surface area contributed by atoms with Crippen LogP contribution in [0.15, 0.2) is 0 Å². The van der Waals surface area contributed by atoms with Crippen molar-refractivity contribution in [3.8, 4) is 0 Å². The van der Waals surface area contributed by atoms with Gasteiger partial charge in [-0.2, -0.15) is 0 Å². The van der Waals surface area contributed by atoms with E-state index in [-0.39, 0.29) is 0 Å². The van der Waals surface area contributed by atoms with E-state index in [4.69, 9.17) is 0 Å². The number of rotatable bonds is 2. The summed E-state index contributed by atoms with van der Waals surface area (Å²) in [4.78, 5) is 0. The first-order valence-corrected chi connectivity index (χ1v) is 5.46. The fourth-order valence-corrected chi connectivity index (χ4v) is 2.36. The Morgan fingerprint density at radius 3 is 2.29 bits per heavy atom. The molecule has 1 heteroatoms. The van der Waals surface area contributed by atoms with Gasteiger partial charge in [-0.05, 0) is 0 Å². The number of hydrogen-bond donors (Lipinski definition) is 0. The predicted octanol–water partition coefficient (Wildman–Crippen LogP) is 1.50. The van der Waals surface area contributed by atoms with Crippen molar-refractivity contribution >= 4 is 22.5 Å². The van der Waals surface area contributed by atoms with E-state index in [1.54, 1.807) is 19.3 Å². The topological polar surface area (TPSA) is 0 Å². The first-order chi connectivity index (χ1) is 3.43. The van der Waals surface area contributed by atoms with Gasteiger partial charge in [-0.1, -0.05) is 0 Å². The van der Waals surface area contributed by atoms with Crippen LogP contribution in [0.3, 0.4) is 0 Å². The quantitative estimate of drug-likeness (QED) is 0.596. The van der Waals surface area contributed by atoms with Gasteiger partial charge in [-0.15, -0.1) is 0 Å². The first-order valence-electron chi connectivity index (χ1n) is 3.13. The van der Waals surface area contributed by atoms with E-state index in [0.717, 1.165) is 5.92 Å². The molecule has 40 valence electrons. The van der Waals surface area contributed by atoms with E-state index in [0.29, 0.717) is 0 Å². The molecule has 0 N–H and O–H groups in total. The fourth-order valence-electron chi connectivity index (χ4n) is 1.02. The monoisotopic (exact) mass is 204 g/mol. The van der Waals surface area contributed by atoms with Crippen LogP contribution in [0.2, 0.25) is 4.44 Å². The second-order valence-electron chi connectivity index (χ2n) is 2.37. The second-order valence-corrected chi connectivity index (χ2v) is 4.02. The van der Waals surface area contributed by atoms with Crippen molar-refractivity contribution in [2.45, 2.75) is 30.1 Å². The van der Waals surface area contributed by atoms with Gasteiger partial charge >= 0.3 is 58.6 Å². The van der Waals surface area contributed by atoms with Gasteiger partial charge in [0.15, 0.2) is 0 Å². The molecule has 0 bridgehead atoms. The summed E-state index contributed by atoms with van der Waals surface area (Å²) < 4.78 is 1.52. The van der Waals surface area contributed by atoms with E-state index in [1.807, 2.05) is 0 Å². The molecule has 0 unspecified atom stereocenters. The van der Waals surface area contributed by atoms with Crippen LogP contribution in [-0.2, 0) is 0 Å². The van der Waals surface area contributed by atoms with Gasteiger partial charge < -0.3 is 0 Å². The summed E-state index contributed by atoms with van der Waals surface area (Å²) in [5.41, 5.74) is 0. The van der Waals surface area contributed by atoms with Crippen molar-refractivity contribution < 1.29 is 0 Å². The Labute approximate surface area is 58.8 Å². The molecule has 0 nitrogen and oxygen atoms in total. The van der Waals surface area contributed by atoms with E-state index >= 15 is 0 Å². The molecule has 0 aromatic heterocycles. The van der Waals surface area contributed by atoms with Crippen LogP contribution in [-0.4, -0.2) is 22.5 Å². The van der Waals surface area contributed by atoms with E-state index < -0.39 is 0 Å². The van der Waals surface area contributed by atoms with Gasteiger partial charge in [-0.3, -0.25) is 0 Å². The Balaban J connectivity index is 1.93. The molecule has 0 aromatic rings. The van der Waals surface area contributed by atoms with Crippen LogP contribution < -0.4 is 0 Å². The third-order valence-electron chi connectivity index (χ3n) is 1.80. The average molecular weight is 203 g/mol. The zero-order valence-electron chi connectivity index (χ0n) is 4.69. The van der Waals surface area contributed by atoms with Gasteiger partial charge in [0, 0.05) is 0 Å². The molecule has 1 aliphatic carbocycles. The minimum atomic E-state index is 1.16. The maximum atomic E-state index is 1.54. The SMILES string of the molecule is [SnH][CH2]CC1CCC1. The molecule has 0 atom stereocenters. The molecule has 0 saturated heterocycles. The van der Waals surface area contributed by atoms with Crippen LogP contribution in [0.1, 0.15) is 25.7 Å². The summed E-state index contributed by atoms with van der Waals surface area (Å²) in [6.45, 7) is 0. The number of hydrogen-bond acceptors (Lipinski definition) is 0. The minimum absolute atomic E-state index is 1.16. The Morgan fingerprint density at radius 1 is 1.43 bits per heavy atom. The Morgan fingerprint density at radius 2 is 2.14 bits per heavy atom. The molecule has 0 amide bonds. The van der Waals surface area contributed by atoms with Gasteiger partial charge in [-0.25, -0.2) is 0 Å². The van der Waals surface area contributed by atoms with Crippen molar-refractivity contribution in [1.82, 2.24) is 0 Å². The predicted molar refractivity (Wildman–Crippen MR) is 33.9 cm³/mol. The molecule has 2 radical (unpaired) electrons. The molecular weight excluding hydrogens is 191 g/mol. The Bertz CT molecular complexity index is 48.1. The average Bonchev–Trinajstić information content (AvgIpc) is 1.55. The summed E-state index contributed by atoms with van der Waals surface area (Å²) in [7, 11) is 0. The third-order valence-corrected chi connectivity index (χ3v) is 2.75. The molecule has 7 heavy (non-hydrogen) atoms. The van der Waals surface area contributed by atoms with Gasteiger partial charge in [0.1, 0.15) is 0 Å². The first kappa shape index (κ1) is 5.93. The zero-order chi connectivity index (χ0) is 5.11. The zero-order valence-corrected chi connectivity index (χ0v) is 7.99. The fraction of sp³-hybridized carbons (Fsp3) is 1.00. The Kier molecular flexibility index (Phi) is 2.50. The molecule has 0 heterocycles. The molecule has 1 aliphatic rings. The molecular formula is C6H12Sn. The van der Waals surface area contributed by atoms with Gasteiger partial charge in [0.2, 0.25) is 0 Å². The van der Waals surface area contributed by atoms with Crippen molar-refractivity contribution in [2.75, 3.05) is 0 Å². The van der Waals surface area contributed by atoms with Crippen LogP contribution in [0.25, 0.3) is 0 Å². The Hall–Kier alpha value is 0.799. The van der Waals surface area contributed by atoms with Crippen molar-refractivity contribution in [2.24, 2.45) is 5.92 Å². The summed E-state index contributed by atoms with van der Waals surface area (Å²) in [5, 5.41) is 0. The summed E-state index contributed by atoms with van der Waals surface area (Å²) in [6, 6.07) is 0. The molecule has 1 rings (SSSR count). The van der Waals surface area contributed by atoms with Crippen LogP contribution in [0.5, 0.6) is 0 Å². The van der Waals surface area contributed by atoms with Crippen molar-refractivity contribution in [3.05, 3.63) is 0 Å². The maximum absolute atomic E-state index is 1.54. The van der Waals surface area contributed by atoms with E-state index in [9.17, 15) is 0 Å². The summed E-state index contributed by atoms with van der Waals surface area (Å²) in [5.74, 6) is 1.16. The van der Waals surface area contributed by atoms with Crippen LogP contribution in [0.4, 0.5) is 0 Å². The molecule has 1 fully saturated rings. The molecule has 0 spiro atoms. The van der Waals surface area contributed by atoms with Gasteiger partial charge in [0.05, 0.1) is 0 Å². The standard InChI is InChI=1S/C6H11.Sn.H/c1-2-6-4-3-5-6;;/h6H,1-5H2;;. The summed E-state index contributed by atoms with van der Waals surface area (Å²) in [6.07, 6.45) is 6.15. The van der Waals surface area contributed by atoms with Crippen LogP contribution >= 0.6 is 0 Å².